The second-order valence-corrected chi connectivity index (χ2v) is 3.47. The van der Waals surface area contributed by atoms with Gasteiger partial charge in [-0.2, -0.15) is 5.26 Å². The lowest BCUT2D eigenvalue weighted by Gasteiger charge is -2.17. The van der Waals surface area contributed by atoms with Crippen molar-refractivity contribution in [1.82, 2.24) is 4.57 Å². The maximum absolute atomic E-state index is 8.92. The molecule has 1 heterocycles. The Balaban J connectivity index is 3.25. The fourth-order valence-corrected chi connectivity index (χ4v) is 1.60. The summed E-state index contributed by atoms with van der Waals surface area (Å²) in [5.74, 6) is 0.920. The smallest absolute Gasteiger partial charge is 0.132 e. The maximum Gasteiger partial charge on any atom is 0.132 e. The second kappa shape index (κ2) is 4.05. The molecule has 0 amide bonds. The van der Waals surface area contributed by atoms with Gasteiger partial charge in [0.15, 0.2) is 0 Å². The van der Waals surface area contributed by atoms with Crippen molar-refractivity contribution in [2.24, 2.45) is 0 Å². The van der Waals surface area contributed by atoms with Crippen LogP contribution in [0.15, 0.2) is 6.07 Å². The molecule has 0 spiro atoms. The molecule has 0 aliphatic carbocycles. The van der Waals surface area contributed by atoms with Crippen LogP contribution in [0.4, 0.5) is 11.5 Å². The van der Waals surface area contributed by atoms with E-state index in [4.69, 9.17) is 11.0 Å². The molecule has 4 nitrogen and oxygen atoms in total. The minimum absolute atomic E-state index is 0.632. The third-order valence-electron chi connectivity index (χ3n) is 2.08. The average Bonchev–Trinajstić information content (AvgIpc) is 2.43. The summed E-state index contributed by atoms with van der Waals surface area (Å²) in [6.07, 6.45) is 0.990. The van der Waals surface area contributed by atoms with Crippen LogP contribution in [0, 0.1) is 11.3 Å². The molecule has 0 radical (unpaired) electrons. The van der Waals surface area contributed by atoms with E-state index in [2.05, 4.69) is 13.0 Å². The Morgan fingerprint density at radius 3 is 2.64 bits per heavy atom. The number of nitrogens with two attached hydrogens (primary N) is 1. The lowest BCUT2D eigenvalue weighted by Crippen LogP contribution is -2.16. The molecule has 0 aliphatic rings. The van der Waals surface area contributed by atoms with E-state index in [-0.39, 0.29) is 0 Å². The first-order valence-electron chi connectivity index (χ1n) is 4.68. The summed E-state index contributed by atoms with van der Waals surface area (Å²) in [4.78, 5) is 1.94. The van der Waals surface area contributed by atoms with Crippen LogP contribution in [-0.4, -0.2) is 18.7 Å². The van der Waals surface area contributed by atoms with Gasteiger partial charge in [0.1, 0.15) is 17.6 Å². The normalized spacial score (nSPS) is 9.86. The van der Waals surface area contributed by atoms with Gasteiger partial charge in [-0.3, -0.25) is 0 Å². The van der Waals surface area contributed by atoms with E-state index in [9.17, 15) is 0 Å². The van der Waals surface area contributed by atoms with Crippen molar-refractivity contribution >= 4 is 11.5 Å². The maximum atomic E-state index is 8.92. The fraction of sp³-hybridized carbons (Fsp3) is 0.500. The SMILES string of the molecule is CCCn1c(C#N)cc(N)c1N(C)C. The number of nitrogens with zero attached hydrogens (tertiary/aromatic N) is 3. The minimum Gasteiger partial charge on any atom is -0.396 e. The highest BCUT2D eigenvalue weighted by Gasteiger charge is 2.13. The number of aromatic nitrogens is 1. The Bertz CT molecular complexity index is 357. The summed E-state index contributed by atoms with van der Waals surface area (Å²) in [5.41, 5.74) is 7.13. The van der Waals surface area contributed by atoms with Crippen LogP contribution in [0.2, 0.25) is 0 Å². The van der Waals surface area contributed by atoms with Crippen molar-refractivity contribution < 1.29 is 0 Å². The van der Waals surface area contributed by atoms with E-state index < -0.39 is 0 Å². The van der Waals surface area contributed by atoms with Gasteiger partial charge in [0.25, 0.3) is 0 Å². The number of nitriles is 1. The van der Waals surface area contributed by atoms with Crippen LogP contribution in [0.5, 0.6) is 0 Å². The van der Waals surface area contributed by atoms with Gasteiger partial charge in [0, 0.05) is 20.6 Å². The topological polar surface area (TPSA) is 58.0 Å². The highest BCUT2D eigenvalue weighted by molar-refractivity contribution is 5.67. The molecule has 0 unspecified atom stereocenters. The molecule has 0 fully saturated rings. The zero-order chi connectivity index (χ0) is 10.7. The van der Waals surface area contributed by atoms with Gasteiger partial charge in [-0.05, 0) is 12.5 Å². The van der Waals surface area contributed by atoms with E-state index in [1.165, 1.54) is 0 Å². The van der Waals surface area contributed by atoms with Crippen LogP contribution < -0.4 is 10.6 Å². The summed E-state index contributed by atoms with van der Waals surface area (Å²) in [5, 5.41) is 8.92. The standard InChI is InChI=1S/C10H16N4/c1-4-5-14-8(7-11)6-9(12)10(14)13(2)3/h6H,4-5,12H2,1-3H3. The van der Waals surface area contributed by atoms with Gasteiger partial charge in [-0.25, -0.2) is 0 Å². The molecule has 1 aromatic rings. The van der Waals surface area contributed by atoms with Crippen molar-refractivity contribution in [2.75, 3.05) is 24.7 Å². The zero-order valence-electron chi connectivity index (χ0n) is 8.91. The summed E-state index contributed by atoms with van der Waals surface area (Å²) in [6.45, 7) is 2.91. The Morgan fingerprint density at radius 2 is 2.21 bits per heavy atom. The fourth-order valence-electron chi connectivity index (χ4n) is 1.60. The quantitative estimate of drug-likeness (QED) is 0.788. The molecule has 4 heteroatoms. The summed E-state index contributed by atoms with van der Waals surface area (Å²) in [7, 11) is 3.86. The monoisotopic (exact) mass is 192 g/mol. The first-order valence-corrected chi connectivity index (χ1v) is 4.68. The van der Waals surface area contributed by atoms with Crippen LogP contribution in [-0.2, 0) is 6.54 Å². The van der Waals surface area contributed by atoms with Crippen molar-refractivity contribution in [2.45, 2.75) is 19.9 Å². The van der Waals surface area contributed by atoms with Gasteiger partial charge in [0.05, 0.1) is 5.69 Å². The lowest BCUT2D eigenvalue weighted by atomic mass is 10.4. The third kappa shape index (κ3) is 1.67. The average molecular weight is 192 g/mol. The van der Waals surface area contributed by atoms with Crippen LogP contribution in [0.1, 0.15) is 19.0 Å². The molecule has 14 heavy (non-hydrogen) atoms. The van der Waals surface area contributed by atoms with E-state index in [0.717, 1.165) is 18.8 Å². The van der Waals surface area contributed by atoms with Crippen molar-refractivity contribution in [1.29, 1.82) is 5.26 Å². The molecule has 1 aromatic heterocycles. The summed E-state index contributed by atoms with van der Waals surface area (Å²) in [6, 6.07) is 3.88. The molecule has 1 rings (SSSR count). The van der Waals surface area contributed by atoms with E-state index >= 15 is 0 Å². The number of rotatable bonds is 3. The zero-order valence-corrected chi connectivity index (χ0v) is 8.91. The number of hydrogen-bond donors (Lipinski definition) is 1. The highest BCUT2D eigenvalue weighted by atomic mass is 15.2. The molecule has 76 valence electrons. The number of anilines is 2. The molecule has 0 bridgehead atoms. The molecule has 0 atom stereocenters. The molecule has 2 N–H and O–H groups in total. The Hall–Kier alpha value is -1.63. The number of nitrogen functional groups attached to an aromatic ring is 1. The molecule has 0 saturated carbocycles. The predicted octanol–water partition coefficient (Wildman–Crippen LogP) is 1.42. The number of hydrogen-bond acceptors (Lipinski definition) is 3. The summed E-state index contributed by atoms with van der Waals surface area (Å²) >= 11 is 0. The second-order valence-electron chi connectivity index (χ2n) is 3.47. The molecule has 0 saturated heterocycles. The largest absolute Gasteiger partial charge is 0.396 e. The van der Waals surface area contributed by atoms with Gasteiger partial charge in [-0.1, -0.05) is 6.92 Å². The van der Waals surface area contributed by atoms with Gasteiger partial charge in [-0.15, -0.1) is 0 Å². The highest BCUT2D eigenvalue weighted by Crippen LogP contribution is 2.26. The van der Waals surface area contributed by atoms with E-state index in [0.29, 0.717) is 11.4 Å². The molecular formula is C10H16N4. The Morgan fingerprint density at radius 1 is 1.57 bits per heavy atom. The van der Waals surface area contributed by atoms with Crippen LogP contribution in [0.25, 0.3) is 0 Å². The predicted molar refractivity (Wildman–Crippen MR) is 58.2 cm³/mol. The third-order valence-corrected chi connectivity index (χ3v) is 2.08. The Labute approximate surface area is 84.5 Å². The molecular weight excluding hydrogens is 176 g/mol. The van der Waals surface area contributed by atoms with E-state index in [1.54, 1.807) is 6.07 Å². The first kappa shape index (κ1) is 10.5. The first-order chi connectivity index (χ1) is 6.61. The van der Waals surface area contributed by atoms with Crippen molar-refractivity contribution in [3.8, 4) is 6.07 Å². The van der Waals surface area contributed by atoms with Crippen molar-refractivity contribution in [3.05, 3.63) is 11.8 Å². The van der Waals surface area contributed by atoms with Crippen LogP contribution >= 0.6 is 0 Å². The van der Waals surface area contributed by atoms with Gasteiger partial charge >= 0.3 is 0 Å². The lowest BCUT2D eigenvalue weighted by molar-refractivity contribution is 0.672. The van der Waals surface area contributed by atoms with Gasteiger partial charge in [0.2, 0.25) is 0 Å². The Kier molecular flexibility index (Phi) is 3.03. The minimum atomic E-state index is 0.632. The van der Waals surface area contributed by atoms with E-state index in [1.807, 2.05) is 23.6 Å². The molecule has 0 aromatic carbocycles. The van der Waals surface area contributed by atoms with Gasteiger partial charge < -0.3 is 15.2 Å². The van der Waals surface area contributed by atoms with Crippen molar-refractivity contribution in [3.63, 3.8) is 0 Å². The van der Waals surface area contributed by atoms with Crippen LogP contribution in [0.3, 0.4) is 0 Å². The molecule has 0 aliphatic heterocycles. The summed E-state index contributed by atoms with van der Waals surface area (Å²) < 4.78 is 1.95.